The van der Waals surface area contributed by atoms with Crippen molar-refractivity contribution in [1.82, 2.24) is 4.98 Å². The number of carboxylic acid groups (broad SMARTS) is 1. The van der Waals surface area contributed by atoms with E-state index in [1.807, 2.05) is 5.38 Å². The number of anilines is 1. The van der Waals surface area contributed by atoms with E-state index in [4.69, 9.17) is 5.11 Å². The lowest BCUT2D eigenvalue weighted by molar-refractivity contribution is -0.114. The minimum Gasteiger partial charge on any atom is -0.508 e. The molecule has 4 rings (SSSR count). The van der Waals surface area contributed by atoms with Crippen LogP contribution in [0.3, 0.4) is 0 Å². The van der Waals surface area contributed by atoms with Crippen LogP contribution in [0, 0.1) is 0 Å². The van der Waals surface area contributed by atoms with Crippen molar-refractivity contribution in [3.8, 4) is 17.0 Å². The molecule has 2 N–H and O–H groups in total. The van der Waals surface area contributed by atoms with E-state index in [1.54, 1.807) is 49.4 Å². The van der Waals surface area contributed by atoms with Gasteiger partial charge in [-0.25, -0.2) is 9.78 Å². The van der Waals surface area contributed by atoms with Gasteiger partial charge in [-0.1, -0.05) is 12.1 Å². The molecule has 0 saturated carbocycles. The highest BCUT2D eigenvalue weighted by molar-refractivity contribution is 7.14. The molecule has 8 heteroatoms. The van der Waals surface area contributed by atoms with E-state index in [-0.39, 0.29) is 17.2 Å². The maximum Gasteiger partial charge on any atom is 0.335 e. The molecule has 0 bridgehead atoms. The standard InChI is InChI=1S/C21H15N3O4S/c1-12-17(10-13-2-4-15(5-3-13)20(27)28)19(26)24(23-12)21-22-18(11-29-21)14-6-8-16(25)9-7-14/h2-11,25H,1H3,(H,27,28)/b17-10+. The Balaban J connectivity index is 1.59. The number of aromatic hydroxyl groups is 1. The van der Waals surface area contributed by atoms with Crippen LogP contribution in [-0.4, -0.2) is 32.8 Å². The molecule has 1 amide bonds. The molecule has 1 aliphatic heterocycles. The van der Waals surface area contributed by atoms with Gasteiger partial charge in [0.1, 0.15) is 5.75 Å². The van der Waals surface area contributed by atoms with E-state index >= 15 is 0 Å². The number of phenols is 1. The second-order valence-corrected chi connectivity index (χ2v) is 7.19. The fourth-order valence-corrected chi connectivity index (χ4v) is 3.61. The van der Waals surface area contributed by atoms with Crippen LogP contribution in [0.1, 0.15) is 22.8 Å². The Morgan fingerprint density at radius 1 is 1.10 bits per heavy atom. The van der Waals surface area contributed by atoms with Crippen LogP contribution in [0.4, 0.5) is 5.13 Å². The summed E-state index contributed by atoms with van der Waals surface area (Å²) in [7, 11) is 0. The van der Waals surface area contributed by atoms with Crippen molar-refractivity contribution in [2.24, 2.45) is 5.10 Å². The first-order chi connectivity index (χ1) is 13.9. The van der Waals surface area contributed by atoms with Gasteiger partial charge < -0.3 is 10.2 Å². The third kappa shape index (κ3) is 3.65. The van der Waals surface area contributed by atoms with Crippen molar-refractivity contribution in [3.05, 3.63) is 70.6 Å². The molecule has 0 radical (unpaired) electrons. The summed E-state index contributed by atoms with van der Waals surface area (Å²) in [6, 6.07) is 12.9. The predicted octanol–water partition coefficient (Wildman–Crippen LogP) is 4.02. The first-order valence-electron chi connectivity index (χ1n) is 8.62. The minimum absolute atomic E-state index is 0.172. The Kier molecular flexibility index (Phi) is 4.69. The second-order valence-electron chi connectivity index (χ2n) is 6.35. The molecule has 0 spiro atoms. The van der Waals surface area contributed by atoms with E-state index in [2.05, 4.69) is 10.1 Å². The zero-order valence-electron chi connectivity index (χ0n) is 15.2. The zero-order valence-corrected chi connectivity index (χ0v) is 16.1. The quantitative estimate of drug-likeness (QED) is 0.638. The molecule has 0 aliphatic carbocycles. The third-order valence-corrected chi connectivity index (χ3v) is 5.18. The van der Waals surface area contributed by atoms with Crippen molar-refractivity contribution in [2.75, 3.05) is 5.01 Å². The SMILES string of the molecule is CC1=NN(c2nc(-c3ccc(O)cc3)cs2)C(=O)/C1=C/c1ccc(C(=O)O)cc1. The molecule has 0 unspecified atom stereocenters. The number of thiazole rings is 1. The Labute approximate surface area is 169 Å². The van der Waals surface area contributed by atoms with Crippen molar-refractivity contribution in [1.29, 1.82) is 0 Å². The predicted molar refractivity (Wildman–Crippen MR) is 111 cm³/mol. The number of carboxylic acids is 1. The highest BCUT2D eigenvalue weighted by atomic mass is 32.1. The number of amides is 1. The summed E-state index contributed by atoms with van der Waals surface area (Å²) < 4.78 is 0. The van der Waals surface area contributed by atoms with Gasteiger partial charge in [0.2, 0.25) is 5.13 Å². The molecule has 1 aliphatic rings. The molecule has 7 nitrogen and oxygen atoms in total. The first-order valence-corrected chi connectivity index (χ1v) is 9.50. The van der Waals surface area contributed by atoms with Gasteiger partial charge in [-0.3, -0.25) is 4.79 Å². The fourth-order valence-electron chi connectivity index (χ4n) is 2.83. The molecule has 3 aromatic rings. The summed E-state index contributed by atoms with van der Waals surface area (Å²) in [5.74, 6) is -1.13. The smallest absolute Gasteiger partial charge is 0.335 e. The van der Waals surface area contributed by atoms with Crippen LogP contribution in [-0.2, 0) is 4.79 Å². The van der Waals surface area contributed by atoms with Gasteiger partial charge in [-0.05, 0) is 55.0 Å². The van der Waals surface area contributed by atoms with Crippen molar-refractivity contribution < 1.29 is 19.8 Å². The summed E-state index contributed by atoms with van der Waals surface area (Å²) in [5.41, 5.74) is 3.38. The number of hydrogen-bond donors (Lipinski definition) is 2. The summed E-state index contributed by atoms with van der Waals surface area (Å²) in [5, 5.41) is 26.3. The summed E-state index contributed by atoms with van der Waals surface area (Å²) >= 11 is 1.30. The highest BCUT2D eigenvalue weighted by Gasteiger charge is 2.30. The fraction of sp³-hybridized carbons (Fsp3) is 0.0476. The summed E-state index contributed by atoms with van der Waals surface area (Å²) in [6.45, 7) is 1.74. The number of aromatic nitrogens is 1. The molecular weight excluding hydrogens is 390 g/mol. The van der Waals surface area contributed by atoms with Crippen LogP contribution in [0.25, 0.3) is 17.3 Å². The van der Waals surface area contributed by atoms with Gasteiger partial charge in [0.25, 0.3) is 5.91 Å². The first kappa shape index (κ1) is 18.6. The van der Waals surface area contributed by atoms with Gasteiger partial charge in [0, 0.05) is 10.9 Å². The van der Waals surface area contributed by atoms with E-state index in [0.29, 0.717) is 27.7 Å². The van der Waals surface area contributed by atoms with Crippen LogP contribution in [0.2, 0.25) is 0 Å². The lowest BCUT2D eigenvalue weighted by atomic mass is 10.1. The van der Waals surface area contributed by atoms with Gasteiger partial charge in [0.05, 0.1) is 22.5 Å². The van der Waals surface area contributed by atoms with E-state index in [1.165, 1.54) is 28.5 Å². The molecule has 144 valence electrons. The number of carbonyl (C=O) groups is 2. The Morgan fingerprint density at radius 3 is 2.45 bits per heavy atom. The molecule has 29 heavy (non-hydrogen) atoms. The largest absolute Gasteiger partial charge is 0.508 e. The highest BCUT2D eigenvalue weighted by Crippen LogP contribution is 2.32. The van der Waals surface area contributed by atoms with Crippen LogP contribution >= 0.6 is 11.3 Å². The zero-order chi connectivity index (χ0) is 20.5. The number of hydrazone groups is 1. The van der Waals surface area contributed by atoms with Crippen LogP contribution in [0.5, 0.6) is 5.75 Å². The van der Waals surface area contributed by atoms with E-state index in [0.717, 1.165) is 5.56 Å². The maximum atomic E-state index is 12.9. The van der Waals surface area contributed by atoms with E-state index < -0.39 is 5.97 Å². The molecule has 0 atom stereocenters. The van der Waals surface area contributed by atoms with Gasteiger partial charge in [-0.15, -0.1) is 11.3 Å². The van der Waals surface area contributed by atoms with Crippen molar-refractivity contribution >= 4 is 40.1 Å². The monoisotopic (exact) mass is 405 g/mol. The van der Waals surface area contributed by atoms with Crippen molar-refractivity contribution in [2.45, 2.75) is 6.92 Å². The number of carbonyl (C=O) groups excluding carboxylic acids is 1. The minimum atomic E-state index is -1.00. The molecule has 0 fully saturated rings. The number of aromatic carboxylic acids is 1. The lowest BCUT2D eigenvalue weighted by Gasteiger charge is -2.07. The van der Waals surface area contributed by atoms with Crippen LogP contribution in [0.15, 0.2) is 64.6 Å². The Morgan fingerprint density at radius 2 is 1.79 bits per heavy atom. The average molecular weight is 405 g/mol. The number of benzene rings is 2. The normalized spacial score (nSPS) is 15.1. The molecular formula is C21H15N3O4S. The number of hydrogen-bond acceptors (Lipinski definition) is 6. The van der Waals surface area contributed by atoms with Crippen LogP contribution < -0.4 is 5.01 Å². The molecule has 2 heterocycles. The molecule has 2 aromatic carbocycles. The van der Waals surface area contributed by atoms with Gasteiger partial charge in [-0.2, -0.15) is 10.1 Å². The van der Waals surface area contributed by atoms with E-state index in [9.17, 15) is 14.7 Å². The molecule has 0 saturated heterocycles. The Bertz CT molecular complexity index is 1160. The molecule has 1 aromatic heterocycles. The van der Waals surface area contributed by atoms with Gasteiger partial charge >= 0.3 is 5.97 Å². The average Bonchev–Trinajstić information content (AvgIpc) is 3.29. The second kappa shape index (κ2) is 7.33. The number of nitrogens with zero attached hydrogens (tertiary/aromatic N) is 3. The number of phenolic OH excluding ortho intramolecular Hbond substituents is 1. The van der Waals surface area contributed by atoms with Gasteiger partial charge in [0.15, 0.2) is 0 Å². The Hall–Kier alpha value is -3.78. The number of rotatable bonds is 4. The summed E-state index contributed by atoms with van der Waals surface area (Å²) in [4.78, 5) is 28.3. The lowest BCUT2D eigenvalue weighted by Crippen LogP contribution is -2.21. The third-order valence-electron chi connectivity index (χ3n) is 4.37. The topological polar surface area (TPSA) is 103 Å². The summed E-state index contributed by atoms with van der Waals surface area (Å²) in [6.07, 6.45) is 1.68. The maximum absolute atomic E-state index is 12.9. The van der Waals surface area contributed by atoms with Crippen molar-refractivity contribution in [3.63, 3.8) is 0 Å².